The van der Waals surface area contributed by atoms with Crippen molar-refractivity contribution in [3.05, 3.63) is 23.7 Å². The van der Waals surface area contributed by atoms with E-state index in [1.54, 1.807) is 12.1 Å². The molecule has 0 saturated carbocycles. The molecule has 0 aliphatic rings. The van der Waals surface area contributed by atoms with E-state index in [0.29, 0.717) is 24.6 Å². The summed E-state index contributed by atoms with van der Waals surface area (Å²) in [5.41, 5.74) is 5.41. The Bertz CT molecular complexity index is 540. The Hall–Kier alpha value is -1.69. The van der Waals surface area contributed by atoms with Gasteiger partial charge < -0.3 is 44.6 Å². The molecule has 2 unspecified atom stereocenters. The molecule has 0 aliphatic heterocycles. The van der Waals surface area contributed by atoms with Gasteiger partial charge in [-0.05, 0) is 31.5 Å². The number of carbonyl (C=O) groups is 1. The lowest BCUT2D eigenvalue weighted by atomic mass is 10.2. The lowest BCUT2D eigenvalue weighted by Gasteiger charge is -2.16. The van der Waals surface area contributed by atoms with Gasteiger partial charge in [-0.2, -0.15) is 0 Å². The third-order valence-corrected chi connectivity index (χ3v) is 3.81. The fourth-order valence-electron chi connectivity index (χ4n) is 2.36. The van der Waals surface area contributed by atoms with Gasteiger partial charge in [0.1, 0.15) is 36.9 Å². The summed E-state index contributed by atoms with van der Waals surface area (Å²) in [6.07, 6.45) is 0.638. The summed E-state index contributed by atoms with van der Waals surface area (Å²) in [6.45, 7) is 1.55. The topological polar surface area (TPSA) is 146 Å². The maximum Gasteiger partial charge on any atom is 0.407 e. The first-order valence-corrected chi connectivity index (χ1v) is 9.74. The highest BCUT2D eigenvalue weighted by Crippen LogP contribution is 2.11. The van der Waals surface area contributed by atoms with Crippen molar-refractivity contribution in [2.24, 2.45) is 5.73 Å². The van der Waals surface area contributed by atoms with Crippen LogP contribution in [-0.2, 0) is 32.2 Å². The van der Waals surface area contributed by atoms with E-state index in [-0.39, 0.29) is 39.6 Å². The smallest absolute Gasteiger partial charge is 0.407 e. The lowest BCUT2D eigenvalue weighted by Crippen LogP contribution is -2.33. The van der Waals surface area contributed by atoms with Crippen LogP contribution in [-0.4, -0.2) is 75.1 Å². The molecule has 168 valence electrons. The zero-order valence-corrected chi connectivity index (χ0v) is 17.0. The standard InChI is InChI=1S/C19H34N2O8/c1-25-10-15(23)11-26-12-16-5-6-17(28-16)13-27-14-18(9-22)29-19(24)21-8-4-2-3-7-20/h5-6,15,18,22-23H,2-4,7-14,20H2,1H3,(H,21,24). The predicted octanol–water partition coefficient (Wildman–Crippen LogP) is 0.536. The third-order valence-electron chi connectivity index (χ3n) is 3.81. The fourth-order valence-corrected chi connectivity index (χ4v) is 2.36. The summed E-state index contributed by atoms with van der Waals surface area (Å²) in [7, 11) is 1.51. The summed E-state index contributed by atoms with van der Waals surface area (Å²) in [4.78, 5) is 11.7. The molecule has 0 radical (unpaired) electrons. The quantitative estimate of drug-likeness (QED) is 0.266. The summed E-state index contributed by atoms with van der Waals surface area (Å²) in [5, 5.41) is 21.5. The number of alkyl carbamates (subject to hydrolysis) is 1. The number of furan rings is 1. The molecule has 0 aromatic carbocycles. The van der Waals surface area contributed by atoms with Gasteiger partial charge >= 0.3 is 6.09 Å². The van der Waals surface area contributed by atoms with Gasteiger partial charge in [0.15, 0.2) is 0 Å². The number of rotatable bonds is 17. The molecule has 1 heterocycles. The number of ether oxygens (including phenoxy) is 4. The zero-order valence-electron chi connectivity index (χ0n) is 17.0. The Morgan fingerprint density at radius 2 is 1.83 bits per heavy atom. The molecular formula is C19H34N2O8. The minimum Gasteiger partial charge on any atom is -0.461 e. The van der Waals surface area contributed by atoms with Crippen molar-refractivity contribution >= 4 is 6.09 Å². The van der Waals surface area contributed by atoms with E-state index >= 15 is 0 Å². The number of hydrogen-bond donors (Lipinski definition) is 4. The van der Waals surface area contributed by atoms with Crippen LogP contribution >= 0.6 is 0 Å². The molecule has 2 atom stereocenters. The van der Waals surface area contributed by atoms with E-state index in [9.17, 15) is 15.0 Å². The van der Waals surface area contributed by atoms with Crippen LogP contribution in [0.5, 0.6) is 0 Å². The summed E-state index contributed by atoms with van der Waals surface area (Å²) in [6, 6.07) is 3.49. The summed E-state index contributed by atoms with van der Waals surface area (Å²) >= 11 is 0. The number of methoxy groups -OCH3 is 1. The molecule has 5 N–H and O–H groups in total. The molecule has 1 amide bonds. The monoisotopic (exact) mass is 418 g/mol. The van der Waals surface area contributed by atoms with Gasteiger partial charge in [-0.1, -0.05) is 6.42 Å². The van der Waals surface area contributed by atoms with Gasteiger partial charge in [0.05, 0.1) is 26.4 Å². The normalized spacial score (nSPS) is 13.2. The number of aliphatic hydroxyl groups excluding tert-OH is 2. The maximum absolute atomic E-state index is 11.7. The number of aliphatic hydroxyl groups is 2. The first-order valence-electron chi connectivity index (χ1n) is 9.74. The predicted molar refractivity (Wildman–Crippen MR) is 104 cm³/mol. The Kier molecular flexibility index (Phi) is 14.1. The molecule has 29 heavy (non-hydrogen) atoms. The average Bonchev–Trinajstić information content (AvgIpc) is 3.15. The van der Waals surface area contributed by atoms with Crippen molar-refractivity contribution in [1.82, 2.24) is 5.32 Å². The second kappa shape index (κ2) is 16.1. The Morgan fingerprint density at radius 3 is 2.45 bits per heavy atom. The second-order valence-corrected chi connectivity index (χ2v) is 6.49. The molecule has 10 nitrogen and oxygen atoms in total. The molecule has 0 aliphatic carbocycles. The average molecular weight is 418 g/mol. The van der Waals surface area contributed by atoms with Crippen molar-refractivity contribution in [1.29, 1.82) is 0 Å². The van der Waals surface area contributed by atoms with Gasteiger partial charge in [0.2, 0.25) is 0 Å². The fraction of sp³-hybridized carbons (Fsp3) is 0.737. The Morgan fingerprint density at radius 1 is 1.14 bits per heavy atom. The lowest BCUT2D eigenvalue weighted by molar-refractivity contribution is -0.0198. The van der Waals surface area contributed by atoms with Crippen LogP contribution in [0.4, 0.5) is 4.79 Å². The van der Waals surface area contributed by atoms with Crippen LogP contribution in [0, 0.1) is 0 Å². The van der Waals surface area contributed by atoms with Crippen molar-refractivity contribution in [3.8, 4) is 0 Å². The van der Waals surface area contributed by atoms with E-state index in [0.717, 1.165) is 19.3 Å². The molecular weight excluding hydrogens is 384 g/mol. The molecule has 0 fully saturated rings. The molecule has 10 heteroatoms. The first-order chi connectivity index (χ1) is 14.1. The number of nitrogens with one attached hydrogen (secondary N) is 1. The van der Waals surface area contributed by atoms with Gasteiger partial charge in [-0.15, -0.1) is 0 Å². The van der Waals surface area contributed by atoms with Crippen LogP contribution in [0.2, 0.25) is 0 Å². The zero-order chi connectivity index (χ0) is 21.3. The van der Waals surface area contributed by atoms with Crippen LogP contribution in [0.1, 0.15) is 30.8 Å². The van der Waals surface area contributed by atoms with Crippen molar-refractivity contribution < 1.29 is 38.4 Å². The van der Waals surface area contributed by atoms with Crippen LogP contribution in [0.25, 0.3) is 0 Å². The van der Waals surface area contributed by atoms with Crippen molar-refractivity contribution in [3.63, 3.8) is 0 Å². The van der Waals surface area contributed by atoms with Gasteiger partial charge in [-0.25, -0.2) is 4.79 Å². The molecule has 1 aromatic rings. The number of carbonyl (C=O) groups excluding carboxylic acids is 1. The SMILES string of the molecule is COCC(O)COCc1ccc(COCC(CO)OC(=O)NCCCCCN)o1. The molecule has 1 aromatic heterocycles. The molecule has 0 bridgehead atoms. The summed E-state index contributed by atoms with van der Waals surface area (Å²) < 4.78 is 26.3. The van der Waals surface area contributed by atoms with E-state index < -0.39 is 18.3 Å². The summed E-state index contributed by atoms with van der Waals surface area (Å²) in [5.74, 6) is 1.17. The molecule has 1 rings (SSSR count). The largest absolute Gasteiger partial charge is 0.461 e. The van der Waals surface area contributed by atoms with E-state index in [1.165, 1.54) is 7.11 Å². The minimum atomic E-state index is -0.765. The minimum absolute atomic E-state index is 0.0346. The van der Waals surface area contributed by atoms with Crippen LogP contribution < -0.4 is 11.1 Å². The van der Waals surface area contributed by atoms with Gasteiger partial charge in [0.25, 0.3) is 0 Å². The second-order valence-electron chi connectivity index (χ2n) is 6.49. The van der Waals surface area contributed by atoms with E-state index in [4.69, 9.17) is 29.1 Å². The van der Waals surface area contributed by atoms with Crippen LogP contribution in [0.3, 0.4) is 0 Å². The van der Waals surface area contributed by atoms with Gasteiger partial charge in [-0.3, -0.25) is 0 Å². The highest BCUT2D eigenvalue weighted by molar-refractivity contribution is 5.67. The van der Waals surface area contributed by atoms with Crippen LogP contribution in [0.15, 0.2) is 16.5 Å². The Labute approximate surface area is 171 Å². The number of unbranched alkanes of at least 4 members (excludes halogenated alkanes) is 2. The molecule has 0 saturated heterocycles. The molecule has 0 spiro atoms. The highest BCUT2D eigenvalue weighted by atomic mass is 16.6. The van der Waals surface area contributed by atoms with E-state index in [2.05, 4.69) is 5.32 Å². The first kappa shape index (κ1) is 25.3. The number of nitrogens with two attached hydrogens (primary N) is 1. The van der Waals surface area contributed by atoms with Crippen molar-refractivity contribution in [2.45, 2.75) is 44.7 Å². The Balaban J connectivity index is 2.19. The van der Waals surface area contributed by atoms with Gasteiger partial charge in [0, 0.05) is 13.7 Å². The number of hydrogen-bond acceptors (Lipinski definition) is 9. The number of amides is 1. The highest BCUT2D eigenvalue weighted by Gasteiger charge is 2.14. The maximum atomic E-state index is 11.7. The van der Waals surface area contributed by atoms with E-state index in [1.807, 2.05) is 0 Å². The third kappa shape index (κ3) is 12.5. The van der Waals surface area contributed by atoms with Crippen molar-refractivity contribution in [2.75, 3.05) is 46.6 Å².